The second kappa shape index (κ2) is 4.80. The minimum atomic E-state index is -0.913. The lowest BCUT2D eigenvalue weighted by atomic mass is 9.67. The second-order valence-electron chi connectivity index (χ2n) is 4.42. The summed E-state index contributed by atoms with van der Waals surface area (Å²) in [5.74, 6) is -2.63. The third kappa shape index (κ3) is 2.29. The lowest BCUT2D eigenvalue weighted by molar-refractivity contribution is -0.151. The smallest absolute Gasteiger partial charge is 0.316 e. The van der Waals surface area contributed by atoms with E-state index in [4.69, 9.17) is 22.2 Å². The van der Waals surface area contributed by atoms with Gasteiger partial charge >= 0.3 is 5.97 Å². The molecule has 2 atom stereocenters. The van der Waals surface area contributed by atoms with Crippen LogP contribution in [0.25, 0.3) is 0 Å². The van der Waals surface area contributed by atoms with Crippen molar-refractivity contribution in [2.45, 2.75) is 20.8 Å². The molecule has 1 fully saturated rings. The molecule has 6 heteroatoms. The van der Waals surface area contributed by atoms with Gasteiger partial charge < -0.3 is 10.1 Å². The van der Waals surface area contributed by atoms with Gasteiger partial charge in [0.25, 0.3) is 0 Å². The van der Waals surface area contributed by atoms with Gasteiger partial charge in [-0.05, 0) is 6.92 Å². The second-order valence-corrected chi connectivity index (χ2v) is 4.86. The number of thiocarbonyl (C=S) groups is 1. The monoisotopic (exact) mass is 254 g/mol. The topological polar surface area (TPSA) is 79.2 Å². The fraction of sp³-hybridized carbons (Fsp3) is 0.636. The molecule has 0 spiro atoms. The number of ether oxygens (including phenoxy) is 1. The average Bonchev–Trinajstić information content (AvgIpc) is 2.15. The fourth-order valence-corrected chi connectivity index (χ4v) is 2.47. The number of carbonyl (C=O) groups is 2. The van der Waals surface area contributed by atoms with Crippen LogP contribution in [0.5, 0.6) is 0 Å². The van der Waals surface area contributed by atoms with E-state index in [-0.39, 0.29) is 11.6 Å². The fourth-order valence-electron chi connectivity index (χ4n) is 1.97. The van der Waals surface area contributed by atoms with Crippen LogP contribution in [0.3, 0.4) is 0 Å². The molecule has 92 valence electrons. The highest BCUT2D eigenvalue weighted by Gasteiger charge is 2.52. The molecule has 0 aromatic heterocycles. The van der Waals surface area contributed by atoms with Crippen molar-refractivity contribution < 1.29 is 14.3 Å². The number of nitrogens with one attached hydrogen (secondary N) is 1. The van der Waals surface area contributed by atoms with Crippen LogP contribution in [0, 0.1) is 28.6 Å². The third-order valence-corrected chi connectivity index (χ3v) is 3.25. The van der Waals surface area contributed by atoms with E-state index >= 15 is 0 Å². The first-order valence-corrected chi connectivity index (χ1v) is 5.68. The minimum absolute atomic E-state index is 0.130. The summed E-state index contributed by atoms with van der Waals surface area (Å²) in [6, 6.07) is 1.91. The van der Waals surface area contributed by atoms with Gasteiger partial charge in [-0.15, -0.1) is 0 Å². The molecule has 1 N–H and O–H groups in total. The van der Waals surface area contributed by atoms with E-state index in [1.165, 1.54) is 0 Å². The Labute approximate surface area is 105 Å². The van der Waals surface area contributed by atoms with Gasteiger partial charge in [0.05, 0.1) is 17.7 Å². The molecule has 5 nitrogen and oxygen atoms in total. The molecule has 1 heterocycles. The third-order valence-electron chi connectivity index (χ3n) is 2.91. The number of hydrogen-bond donors (Lipinski definition) is 1. The van der Waals surface area contributed by atoms with Crippen molar-refractivity contribution in [3.63, 3.8) is 0 Å². The molecule has 1 rings (SSSR count). The number of esters is 1. The first kappa shape index (κ1) is 13.6. The summed E-state index contributed by atoms with van der Waals surface area (Å²) in [5, 5.41) is 11.4. The van der Waals surface area contributed by atoms with E-state index in [2.05, 4.69) is 5.32 Å². The molecule has 17 heavy (non-hydrogen) atoms. The largest absolute Gasteiger partial charge is 0.465 e. The molecule has 0 radical (unpaired) electrons. The summed E-state index contributed by atoms with van der Waals surface area (Å²) in [4.78, 5) is 23.6. The molecule has 1 aliphatic rings. The molecule has 0 aliphatic carbocycles. The molecular formula is C11H14N2O3S. The lowest BCUT2D eigenvalue weighted by Crippen LogP contribution is -2.57. The first-order valence-electron chi connectivity index (χ1n) is 5.27. The number of nitriles is 1. The van der Waals surface area contributed by atoms with Gasteiger partial charge in [-0.2, -0.15) is 5.26 Å². The molecule has 1 amide bonds. The Bertz CT molecular complexity index is 411. The van der Waals surface area contributed by atoms with E-state index in [1.54, 1.807) is 20.8 Å². The van der Waals surface area contributed by atoms with Crippen molar-refractivity contribution in [1.82, 2.24) is 5.32 Å². The van der Waals surface area contributed by atoms with Crippen molar-refractivity contribution in [3.8, 4) is 6.07 Å². The van der Waals surface area contributed by atoms with Gasteiger partial charge in [0.1, 0.15) is 11.8 Å². The van der Waals surface area contributed by atoms with Gasteiger partial charge in [-0.1, -0.05) is 26.1 Å². The summed E-state index contributed by atoms with van der Waals surface area (Å²) in [6.07, 6.45) is 0. The van der Waals surface area contributed by atoms with Crippen LogP contribution >= 0.6 is 12.2 Å². The van der Waals surface area contributed by atoms with Crippen LogP contribution in [0.2, 0.25) is 0 Å². The molecule has 2 unspecified atom stereocenters. The summed E-state index contributed by atoms with van der Waals surface area (Å²) < 4.78 is 4.93. The molecule has 1 aliphatic heterocycles. The average molecular weight is 254 g/mol. The number of nitrogens with zero attached hydrogens (tertiary/aromatic N) is 1. The minimum Gasteiger partial charge on any atom is -0.465 e. The number of carbonyl (C=O) groups excluding carboxylic acids is 2. The van der Waals surface area contributed by atoms with E-state index in [9.17, 15) is 9.59 Å². The van der Waals surface area contributed by atoms with E-state index in [1.807, 2.05) is 6.07 Å². The molecule has 0 bridgehead atoms. The molecular weight excluding hydrogens is 240 g/mol. The summed E-state index contributed by atoms with van der Waals surface area (Å²) in [6.45, 7) is 5.28. The Morgan fingerprint density at radius 1 is 1.65 bits per heavy atom. The van der Waals surface area contributed by atoms with Crippen molar-refractivity contribution in [3.05, 3.63) is 0 Å². The maximum atomic E-state index is 11.8. The number of piperidine rings is 1. The van der Waals surface area contributed by atoms with Gasteiger partial charge in [-0.3, -0.25) is 9.59 Å². The van der Waals surface area contributed by atoms with Crippen LogP contribution < -0.4 is 5.32 Å². The number of hydrogen-bond acceptors (Lipinski definition) is 5. The van der Waals surface area contributed by atoms with Crippen molar-refractivity contribution in [2.24, 2.45) is 17.3 Å². The summed E-state index contributed by atoms with van der Waals surface area (Å²) >= 11 is 5.00. The molecule has 0 aromatic carbocycles. The standard InChI is InChI=1S/C11H14N2O3S/c1-4-16-10(15)7-9(17)13-8(14)6(5-12)11(7,2)3/h6-7H,4H2,1-3H3,(H,13,14,17). The zero-order valence-corrected chi connectivity index (χ0v) is 10.8. The number of amides is 1. The van der Waals surface area contributed by atoms with Crippen molar-refractivity contribution in [2.75, 3.05) is 6.61 Å². The predicted octanol–water partition coefficient (Wildman–Crippen LogP) is 0.789. The van der Waals surface area contributed by atoms with Crippen LogP contribution in [-0.2, 0) is 14.3 Å². The van der Waals surface area contributed by atoms with E-state index in [0.717, 1.165) is 0 Å². The Balaban J connectivity index is 3.11. The van der Waals surface area contributed by atoms with Crippen LogP contribution in [0.15, 0.2) is 0 Å². The van der Waals surface area contributed by atoms with Crippen LogP contribution in [0.1, 0.15) is 20.8 Å². The zero-order chi connectivity index (χ0) is 13.2. The van der Waals surface area contributed by atoms with E-state index < -0.39 is 29.1 Å². The summed E-state index contributed by atoms with van der Waals surface area (Å²) in [5.41, 5.74) is -0.861. The van der Waals surface area contributed by atoms with Gasteiger partial charge in [0.2, 0.25) is 5.91 Å². The zero-order valence-electron chi connectivity index (χ0n) is 9.94. The SMILES string of the molecule is CCOC(=O)C1C(=S)NC(=O)C(C#N)C1(C)C. The van der Waals surface area contributed by atoms with E-state index in [0.29, 0.717) is 0 Å². The highest BCUT2D eigenvalue weighted by Crippen LogP contribution is 2.39. The quantitative estimate of drug-likeness (QED) is 0.582. The van der Waals surface area contributed by atoms with Gasteiger partial charge in [0.15, 0.2) is 0 Å². The normalized spacial score (nSPS) is 26.9. The van der Waals surface area contributed by atoms with Crippen molar-refractivity contribution >= 4 is 29.1 Å². The van der Waals surface area contributed by atoms with Gasteiger partial charge in [0, 0.05) is 5.41 Å². The Hall–Kier alpha value is -1.48. The summed E-state index contributed by atoms with van der Waals surface area (Å²) in [7, 11) is 0. The highest BCUT2D eigenvalue weighted by molar-refractivity contribution is 7.80. The number of rotatable bonds is 2. The van der Waals surface area contributed by atoms with Crippen LogP contribution in [-0.4, -0.2) is 23.5 Å². The van der Waals surface area contributed by atoms with Crippen molar-refractivity contribution in [1.29, 1.82) is 5.26 Å². The maximum absolute atomic E-state index is 11.8. The predicted molar refractivity (Wildman–Crippen MR) is 63.7 cm³/mol. The first-order chi connectivity index (χ1) is 7.86. The van der Waals surface area contributed by atoms with Crippen LogP contribution in [0.4, 0.5) is 0 Å². The Morgan fingerprint density at radius 3 is 2.71 bits per heavy atom. The lowest BCUT2D eigenvalue weighted by Gasteiger charge is -2.39. The molecule has 0 saturated carbocycles. The maximum Gasteiger partial charge on any atom is 0.316 e. The Kier molecular flexibility index (Phi) is 3.83. The Morgan fingerprint density at radius 2 is 2.24 bits per heavy atom. The van der Waals surface area contributed by atoms with Gasteiger partial charge in [-0.25, -0.2) is 0 Å². The molecule has 1 saturated heterocycles. The molecule has 0 aromatic rings. The highest BCUT2D eigenvalue weighted by atomic mass is 32.1.